The number of morpholine rings is 1. The highest BCUT2D eigenvalue weighted by Crippen LogP contribution is 2.33. The van der Waals surface area contributed by atoms with Crippen molar-refractivity contribution in [2.45, 2.75) is 44.6 Å². The Morgan fingerprint density at radius 2 is 2.21 bits per heavy atom. The fraction of sp³-hybridized carbons (Fsp3) is 0.520. The lowest BCUT2D eigenvalue weighted by atomic mass is 9.93. The fourth-order valence-corrected chi connectivity index (χ4v) is 5.04. The van der Waals surface area contributed by atoms with Crippen molar-refractivity contribution in [1.29, 1.82) is 0 Å². The van der Waals surface area contributed by atoms with Crippen molar-refractivity contribution in [3.8, 4) is 11.4 Å². The monoisotopic (exact) mass is 449 g/mol. The third kappa shape index (κ3) is 4.50. The lowest BCUT2D eigenvalue weighted by Gasteiger charge is -2.36. The van der Waals surface area contributed by atoms with Crippen LogP contribution in [0.1, 0.15) is 49.1 Å². The number of aliphatic hydroxyl groups excluding tert-OH is 1. The standard InChI is InChI=1S/C25H31N5O3/c1-17-16-33-13-11-30(17)23-14-22(18-4-3-10-29(15-18)24(32)8-12-31)27-25(28-23)20-7-9-26-21-6-2-5-19(20)21/h2,5,7,9,14,17-18,31H,3-4,6,8,10-13,15-16H2,1H3/t17-,18?/m1/s1. The van der Waals surface area contributed by atoms with Gasteiger partial charge in [0.1, 0.15) is 5.82 Å². The number of aliphatic hydroxyl groups is 1. The summed E-state index contributed by atoms with van der Waals surface area (Å²) in [7, 11) is 0. The van der Waals surface area contributed by atoms with E-state index in [4.69, 9.17) is 14.7 Å². The molecule has 2 aromatic heterocycles. The topological polar surface area (TPSA) is 91.7 Å². The predicted molar refractivity (Wildman–Crippen MR) is 126 cm³/mol. The van der Waals surface area contributed by atoms with Crippen LogP contribution in [0.2, 0.25) is 0 Å². The van der Waals surface area contributed by atoms with Gasteiger partial charge in [0.05, 0.1) is 37.3 Å². The number of carbonyl (C=O) groups excluding carboxylic acids is 1. The number of hydrogen-bond donors (Lipinski definition) is 1. The van der Waals surface area contributed by atoms with Crippen LogP contribution >= 0.6 is 0 Å². The number of aromatic nitrogens is 3. The molecule has 0 radical (unpaired) electrons. The van der Waals surface area contributed by atoms with E-state index in [9.17, 15) is 9.90 Å². The number of pyridine rings is 1. The van der Waals surface area contributed by atoms with Gasteiger partial charge in [-0.25, -0.2) is 9.97 Å². The highest BCUT2D eigenvalue weighted by atomic mass is 16.5. The average molecular weight is 450 g/mol. The normalized spacial score (nSPS) is 22.5. The second-order valence-electron chi connectivity index (χ2n) is 9.07. The zero-order valence-corrected chi connectivity index (χ0v) is 19.1. The first kappa shape index (κ1) is 22.0. The molecule has 2 aliphatic heterocycles. The van der Waals surface area contributed by atoms with Gasteiger partial charge in [-0.05, 0) is 25.8 Å². The van der Waals surface area contributed by atoms with Gasteiger partial charge in [-0.2, -0.15) is 0 Å². The van der Waals surface area contributed by atoms with Crippen LogP contribution in [0, 0.1) is 0 Å². The van der Waals surface area contributed by atoms with Crippen LogP contribution in [0.3, 0.4) is 0 Å². The maximum absolute atomic E-state index is 12.4. The molecule has 0 aromatic carbocycles. The Morgan fingerprint density at radius 3 is 3.06 bits per heavy atom. The summed E-state index contributed by atoms with van der Waals surface area (Å²) in [4.78, 5) is 31.2. The minimum atomic E-state index is -0.114. The Bertz CT molecular complexity index is 1060. The van der Waals surface area contributed by atoms with E-state index in [1.165, 1.54) is 0 Å². The van der Waals surface area contributed by atoms with Gasteiger partial charge in [0.15, 0.2) is 5.82 Å². The quantitative estimate of drug-likeness (QED) is 0.750. The second kappa shape index (κ2) is 9.57. The van der Waals surface area contributed by atoms with E-state index in [2.05, 4.69) is 35.0 Å². The molecule has 1 amide bonds. The Hall–Kier alpha value is -2.84. The summed E-state index contributed by atoms with van der Waals surface area (Å²) in [5.41, 5.74) is 4.13. The van der Waals surface area contributed by atoms with Crippen LogP contribution in [0.5, 0.6) is 0 Å². The summed E-state index contributed by atoms with van der Waals surface area (Å²) in [6.07, 6.45) is 8.99. The maximum atomic E-state index is 12.4. The van der Waals surface area contributed by atoms with Gasteiger partial charge in [-0.1, -0.05) is 12.2 Å². The van der Waals surface area contributed by atoms with Gasteiger partial charge in [0.2, 0.25) is 5.91 Å². The number of piperidine rings is 1. The van der Waals surface area contributed by atoms with Crippen LogP contribution < -0.4 is 4.90 Å². The molecule has 1 N–H and O–H groups in total. The maximum Gasteiger partial charge on any atom is 0.224 e. The Kier molecular flexibility index (Phi) is 6.37. The predicted octanol–water partition coefficient (Wildman–Crippen LogP) is 2.42. The molecule has 2 saturated heterocycles. The smallest absolute Gasteiger partial charge is 0.224 e. The highest BCUT2D eigenvalue weighted by Gasteiger charge is 2.29. The molecule has 0 bridgehead atoms. The van der Waals surface area contributed by atoms with Gasteiger partial charge >= 0.3 is 0 Å². The van der Waals surface area contributed by atoms with E-state index in [0.29, 0.717) is 25.6 Å². The Labute approximate surface area is 194 Å². The van der Waals surface area contributed by atoms with Gasteiger partial charge in [0.25, 0.3) is 0 Å². The van der Waals surface area contributed by atoms with E-state index < -0.39 is 0 Å². The summed E-state index contributed by atoms with van der Waals surface area (Å²) < 4.78 is 5.65. The van der Waals surface area contributed by atoms with E-state index in [0.717, 1.165) is 60.7 Å². The molecule has 2 aromatic rings. The van der Waals surface area contributed by atoms with Crippen LogP contribution in [-0.4, -0.2) is 76.4 Å². The first-order valence-corrected chi connectivity index (χ1v) is 11.9. The number of fused-ring (bicyclic) bond motifs is 1. The molecule has 174 valence electrons. The molecule has 3 aliphatic rings. The van der Waals surface area contributed by atoms with E-state index >= 15 is 0 Å². The molecule has 8 nitrogen and oxygen atoms in total. The largest absolute Gasteiger partial charge is 0.396 e. The molecule has 2 atom stereocenters. The number of carbonyl (C=O) groups is 1. The number of likely N-dealkylation sites (tertiary alicyclic amines) is 1. The van der Waals surface area contributed by atoms with Crippen LogP contribution in [0.25, 0.3) is 17.5 Å². The number of nitrogens with zero attached hydrogens (tertiary/aromatic N) is 5. The van der Waals surface area contributed by atoms with E-state index in [1.54, 1.807) is 0 Å². The zero-order chi connectivity index (χ0) is 22.8. The molecular formula is C25H31N5O3. The van der Waals surface area contributed by atoms with Crippen molar-refractivity contribution in [2.75, 3.05) is 44.4 Å². The van der Waals surface area contributed by atoms with Crippen LogP contribution in [0.4, 0.5) is 5.82 Å². The van der Waals surface area contributed by atoms with Crippen molar-refractivity contribution in [3.63, 3.8) is 0 Å². The van der Waals surface area contributed by atoms with Crippen molar-refractivity contribution in [2.24, 2.45) is 0 Å². The van der Waals surface area contributed by atoms with Gasteiger partial charge in [-0.3, -0.25) is 9.78 Å². The number of amides is 1. The molecule has 8 heteroatoms. The number of allylic oxidation sites excluding steroid dienone is 1. The van der Waals surface area contributed by atoms with Crippen molar-refractivity contribution < 1.29 is 14.6 Å². The number of rotatable bonds is 5. The van der Waals surface area contributed by atoms with Gasteiger partial charge in [-0.15, -0.1) is 0 Å². The zero-order valence-electron chi connectivity index (χ0n) is 19.1. The average Bonchev–Trinajstić information content (AvgIpc) is 3.33. The third-order valence-corrected chi connectivity index (χ3v) is 6.82. The summed E-state index contributed by atoms with van der Waals surface area (Å²) in [6, 6.07) is 4.33. The van der Waals surface area contributed by atoms with Crippen LogP contribution in [-0.2, 0) is 16.0 Å². The minimum Gasteiger partial charge on any atom is -0.396 e. The Morgan fingerprint density at radius 1 is 1.30 bits per heavy atom. The molecule has 4 heterocycles. The molecule has 1 aliphatic carbocycles. The van der Waals surface area contributed by atoms with E-state index in [1.807, 2.05) is 17.2 Å². The summed E-state index contributed by atoms with van der Waals surface area (Å²) in [6.45, 7) is 5.55. The fourth-order valence-electron chi connectivity index (χ4n) is 5.04. The third-order valence-electron chi connectivity index (χ3n) is 6.82. The molecule has 1 unspecified atom stereocenters. The van der Waals surface area contributed by atoms with E-state index in [-0.39, 0.29) is 30.9 Å². The summed E-state index contributed by atoms with van der Waals surface area (Å²) >= 11 is 0. The summed E-state index contributed by atoms with van der Waals surface area (Å²) in [5.74, 6) is 1.78. The van der Waals surface area contributed by atoms with Gasteiger partial charge in [0, 0.05) is 61.8 Å². The van der Waals surface area contributed by atoms with Crippen LogP contribution in [0.15, 0.2) is 24.4 Å². The van der Waals surface area contributed by atoms with Crippen molar-refractivity contribution >= 4 is 17.8 Å². The summed E-state index contributed by atoms with van der Waals surface area (Å²) in [5, 5.41) is 9.20. The molecule has 2 fully saturated rings. The van der Waals surface area contributed by atoms with Crippen molar-refractivity contribution in [1.82, 2.24) is 19.9 Å². The first-order valence-electron chi connectivity index (χ1n) is 11.9. The molecule has 0 spiro atoms. The SMILES string of the molecule is C[C@@H]1COCCN1c1cc(C2CCCN(C(=O)CCO)C2)nc(-c2ccnc3c2C=CC3)n1. The molecular weight excluding hydrogens is 418 g/mol. The minimum absolute atomic E-state index is 0.00981. The first-order chi connectivity index (χ1) is 16.1. The highest BCUT2D eigenvalue weighted by molar-refractivity contribution is 5.77. The second-order valence-corrected chi connectivity index (χ2v) is 9.07. The molecule has 0 saturated carbocycles. The Balaban J connectivity index is 1.54. The lowest BCUT2D eigenvalue weighted by molar-refractivity contribution is -0.133. The number of hydrogen-bond acceptors (Lipinski definition) is 7. The van der Waals surface area contributed by atoms with Crippen molar-refractivity contribution in [3.05, 3.63) is 41.4 Å². The number of ether oxygens (including phenoxy) is 1. The molecule has 33 heavy (non-hydrogen) atoms. The lowest BCUT2D eigenvalue weighted by Crippen LogP contribution is -2.44. The number of anilines is 1. The van der Waals surface area contributed by atoms with Gasteiger partial charge < -0.3 is 19.6 Å². The molecule has 5 rings (SSSR count).